The van der Waals surface area contributed by atoms with Crippen molar-refractivity contribution in [3.8, 4) is 5.69 Å². The molecule has 29 heavy (non-hydrogen) atoms. The number of halogens is 3. The van der Waals surface area contributed by atoms with Gasteiger partial charge in [-0.1, -0.05) is 12.1 Å². The molecule has 1 aliphatic carbocycles. The number of carbonyl (C=O) groups excluding carboxylic acids is 1. The largest absolute Gasteiger partial charge is 0.348 e. The SMILES string of the molecule is CC(NC(=O)Cn1nc(C(F)F)c(Br)c1C1CC1)c1cccc(-n2cccc2)c1. The second-order valence-electron chi connectivity index (χ2n) is 7.29. The molecule has 0 radical (unpaired) electrons. The Bertz CT molecular complexity index is 1010. The van der Waals surface area contributed by atoms with Gasteiger partial charge in [0.2, 0.25) is 5.91 Å². The van der Waals surface area contributed by atoms with E-state index in [2.05, 4.69) is 26.3 Å². The normalized spacial score (nSPS) is 14.9. The molecular formula is C21H21BrF2N4O. The number of aromatic nitrogens is 3. The third-order valence-electron chi connectivity index (χ3n) is 5.07. The van der Waals surface area contributed by atoms with Crippen molar-refractivity contribution in [2.75, 3.05) is 0 Å². The number of carbonyl (C=O) groups is 1. The van der Waals surface area contributed by atoms with E-state index < -0.39 is 6.43 Å². The number of nitrogens with zero attached hydrogens (tertiary/aromatic N) is 3. The lowest BCUT2D eigenvalue weighted by Gasteiger charge is -2.16. The van der Waals surface area contributed by atoms with Gasteiger partial charge < -0.3 is 9.88 Å². The van der Waals surface area contributed by atoms with E-state index in [-0.39, 0.29) is 30.1 Å². The van der Waals surface area contributed by atoms with Crippen molar-refractivity contribution in [1.82, 2.24) is 19.7 Å². The van der Waals surface area contributed by atoms with E-state index in [1.807, 2.05) is 60.3 Å². The van der Waals surface area contributed by atoms with Crippen molar-refractivity contribution in [2.24, 2.45) is 0 Å². The zero-order valence-corrected chi connectivity index (χ0v) is 17.4. The first-order valence-electron chi connectivity index (χ1n) is 9.51. The summed E-state index contributed by atoms with van der Waals surface area (Å²) in [6, 6.07) is 11.6. The first-order valence-corrected chi connectivity index (χ1v) is 10.3. The highest BCUT2D eigenvalue weighted by Gasteiger charge is 2.34. The van der Waals surface area contributed by atoms with Gasteiger partial charge in [0.1, 0.15) is 12.2 Å². The molecule has 1 fully saturated rings. The fourth-order valence-corrected chi connectivity index (χ4v) is 4.23. The van der Waals surface area contributed by atoms with Gasteiger partial charge in [0, 0.05) is 24.0 Å². The van der Waals surface area contributed by atoms with Crippen molar-refractivity contribution in [1.29, 1.82) is 0 Å². The molecule has 1 atom stereocenters. The van der Waals surface area contributed by atoms with Crippen LogP contribution in [0.25, 0.3) is 5.69 Å². The van der Waals surface area contributed by atoms with Crippen LogP contribution in [0.2, 0.25) is 0 Å². The molecule has 1 aliphatic rings. The van der Waals surface area contributed by atoms with Gasteiger partial charge in [-0.2, -0.15) is 5.10 Å². The van der Waals surface area contributed by atoms with E-state index >= 15 is 0 Å². The highest BCUT2D eigenvalue weighted by Crippen LogP contribution is 2.45. The molecule has 0 aliphatic heterocycles. The molecule has 1 aromatic carbocycles. The minimum absolute atomic E-state index is 0.0845. The molecule has 152 valence electrons. The molecule has 3 aromatic rings. The first-order chi connectivity index (χ1) is 13.9. The van der Waals surface area contributed by atoms with Crippen LogP contribution in [-0.4, -0.2) is 20.3 Å². The molecule has 4 rings (SSSR count). The fraction of sp³-hybridized carbons (Fsp3) is 0.333. The number of alkyl halides is 2. The number of rotatable bonds is 7. The third-order valence-corrected chi connectivity index (χ3v) is 5.88. The van der Waals surface area contributed by atoms with E-state index in [0.717, 1.165) is 24.1 Å². The smallest absolute Gasteiger partial charge is 0.283 e. The summed E-state index contributed by atoms with van der Waals surface area (Å²) < 4.78 is 30.2. The summed E-state index contributed by atoms with van der Waals surface area (Å²) in [5.74, 6) is -0.0746. The van der Waals surface area contributed by atoms with Crippen molar-refractivity contribution < 1.29 is 13.6 Å². The van der Waals surface area contributed by atoms with E-state index in [4.69, 9.17) is 0 Å². The first kappa shape index (κ1) is 19.8. The number of hydrogen-bond acceptors (Lipinski definition) is 2. The maximum absolute atomic E-state index is 13.2. The van der Waals surface area contributed by atoms with Crippen LogP contribution in [0.4, 0.5) is 8.78 Å². The summed E-state index contributed by atoms with van der Waals surface area (Å²) in [4.78, 5) is 12.6. The predicted octanol–water partition coefficient (Wildman–Crippen LogP) is 5.13. The standard InChI is InChI=1S/C21H21BrF2N4O/c1-13(15-5-4-6-16(11-15)27-9-2-3-10-27)25-17(29)12-28-20(14-7-8-14)18(22)19(26-28)21(23)24/h2-6,9-11,13-14,21H,7-8,12H2,1H3,(H,25,29). The number of nitrogens with one attached hydrogen (secondary N) is 1. The molecule has 0 spiro atoms. The molecule has 2 heterocycles. The minimum atomic E-state index is -2.68. The van der Waals surface area contributed by atoms with Crippen molar-refractivity contribution in [3.05, 3.63) is 70.2 Å². The Morgan fingerprint density at radius 3 is 2.66 bits per heavy atom. The van der Waals surface area contributed by atoms with Crippen molar-refractivity contribution >= 4 is 21.8 Å². The van der Waals surface area contributed by atoms with E-state index in [9.17, 15) is 13.6 Å². The van der Waals surface area contributed by atoms with Crippen LogP contribution in [0.3, 0.4) is 0 Å². The highest BCUT2D eigenvalue weighted by molar-refractivity contribution is 9.10. The molecule has 0 bridgehead atoms. The summed E-state index contributed by atoms with van der Waals surface area (Å²) in [7, 11) is 0. The Morgan fingerprint density at radius 1 is 1.28 bits per heavy atom. The predicted molar refractivity (Wildman–Crippen MR) is 109 cm³/mol. The van der Waals surface area contributed by atoms with Gasteiger partial charge in [-0.25, -0.2) is 8.78 Å². The molecule has 1 N–H and O–H groups in total. The lowest BCUT2D eigenvalue weighted by Crippen LogP contribution is -2.31. The summed E-state index contributed by atoms with van der Waals surface area (Å²) in [6.45, 7) is 1.82. The summed E-state index contributed by atoms with van der Waals surface area (Å²) in [5, 5.41) is 6.94. The summed E-state index contributed by atoms with van der Waals surface area (Å²) >= 11 is 3.25. The van der Waals surface area contributed by atoms with Crippen LogP contribution in [0.15, 0.2) is 53.3 Å². The second-order valence-corrected chi connectivity index (χ2v) is 8.08. The van der Waals surface area contributed by atoms with Crippen LogP contribution >= 0.6 is 15.9 Å². The Balaban J connectivity index is 1.48. The quantitative estimate of drug-likeness (QED) is 0.529. The topological polar surface area (TPSA) is 51.9 Å². The highest BCUT2D eigenvalue weighted by atomic mass is 79.9. The maximum Gasteiger partial charge on any atom is 0.283 e. The average molecular weight is 463 g/mol. The van der Waals surface area contributed by atoms with Gasteiger partial charge in [0.25, 0.3) is 6.43 Å². The van der Waals surface area contributed by atoms with Crippen LogP contribution in [0.5, 0.6) is 0 Å². The average Bonchev–Trinajstić information content (AvgIpc) is 3.25. The maximum atomic E-state index is 13.2. The van der Waals surface area contributed by atoms with E-state index in [1.165, 1.54) is 4.68 Å². The van der Waals surface area contributed by atoms with Gasteiger partial charge >= 0.3 is 0 Å². The van der Waals surface area contributed by atoms with Crippen LogP contribution in [-0.2, 0) is 11.3 Å². The van der Waals surface area contributed by atoms with E-state index in [1.54, 1.807) is 0 Å². The van der Waals surface area contributed by atoms with Crippen LogP contribution in [0, 0.1) is 0 Å². The van der Waals surface area contributed by atoms with Crippen LogP contribution < -0.4 is 5.32 Å². The Hall–Kier alpha value is -2.48. The lowest BCUT2D eigenvalue weighted by atomic mass is 10.1. The van der Waals surface area contributed by atoms with Crippen LogP contribution in [0.1, 0.15) is 55.1 Å². The van der Waals surface area contributed by atoms with Gasteiger partial charge in [-0.05, 0) is 65.5 Å². The van der Waals surface area contributed by atoms with Gasteiger partial charge in [0.05, 0.1) is 16.2 Å². The molecule has 8 heteroatoms. The number of amides is 1. The Morgan fingerprint density at radius 2 is 2.00 bits per heavy atom. The monoisotopic (exact) mass is 462 g/mol. The van der Waals surface area contributed by atoms with E-state index in [0.29, 0.717) is 10.2 Å². The number of hydrogen-bond donors (Lipinski definition) is 1. The molecule has 2 aromatic heterocycles. The zero-order chi connectivity index (χ0) is 20.5. The van der Waals surface area contributed by atoms with Crippen molar-refractivity contribution in [2.45, 2.75) is 44.7 Å². The Labute approximate surface area is 175 Å². The minimum Gasteiger partial charge on any atom is -0.348 e. The van der Waals surface area contributed by atoms with Crippen molar-refractivity contribution in [3.63, 3.8) is 0 Å². The third kappa shape index (κ3) is 4.27. The molecule has 0 saturated heterocycles. The summed E-state index contributed by atoms with van der Waals surface area (Å²) in [6.07, 6.45) is 3.09. The molecule has 1 saturated carbocycles. The second kappa shape index (κ2) is 8.10. The molecule has 1 unspecified atom stereocenters. The number of benzene rings is 1. The molecule has 5 nitrogen and oxygen atoms in total. The molecule has 1 amide bonds. The molecular weight excluding hydrogens is 442 g/mol. The summed E-state index contributed by atoms with van der Waals surface area (Å²) in [5.41, 5.74) is 2.36. The van der Waals surface area contributed by atoms with Gasteiger partial charge in [-0.15, -0.1) is 0 Å². The van der Waals surface area contributed by atoms with Gasteiger partial charge in [0.15, 0.2) is 0 Å². The fourth-order valence-electron chi connectivity index (χ4n) is 3.45. The zero-order valence-electron chi connectivity index (χ0n) is 15.9. The Kier molecular flexibility index (Phi) is 5.54. The van der Waals surface area contributed by atoms with Gasteiger partial charge in [-0.3, -0.25) is 9.48 Å². The lowest BCUT2D eigenvalue weighted by molar-refractivity contribution is -0.122.